The summed E-state index contributed by atoms with van der Waals surface area (Å²) in [7, 11) is -3.77. The second kappa shape index (κ2) is 6.60. The molecule has 1 atom stereocenters. The predicted molar refractivity (Wildman–Crippen MR) is 76.5 cm³/mol. The van der Waals surface area contributed by atoms with E-state index in [0.29, 0.717) is 18.8 Å². The van der Waals surface area contributed by atoms with Gasteiger partial charge in [-0.15, -0.1) is 0 Å². The molecule has 1 heterocycles. The van der Waals surface area contributed by atoms with E-state index < -0.39 is 10.0 Å². The van der Waals surface area contributed by atoms with Gasteiger partial charge in [-0.05, 0) is 30.5 Å². The summed E-state index contributed by atoms with van der Waals surface area (Å²) in [4.78, 5) is -0.0850. The van der Waals surface area contributed by atoms with Crippen LogP contribution < -0.4 is 4.72 Å². The summed E-state index contributed by atoms with van der Waals surface area (Å²) in [5, 5.41) is 9.42. The van der Waals surface area contributed by atoms with Crippen molar-refractivity contribution in [2.24, 2.45) is 0 Å². The monoisotopic (exact) mass is 339 g/mol. The summed E-state index contributed by atoms with van der Waals surface area (Å²) >= 11 is 11.8. The van der Waals surface area contributed by atoms with Gasteiger partial charge < -0.3 is 9.84 Å². The van der Waals surface area contributed by atoms with Gasteiger partial charge in [0.05, 0.1) is 18.2 Å². The highest BCUT2D eigenvalue weighted by Gasteiger charge is 2.25. The molecule has 1 aliphatic rings. The van der Waals surface area contributed by atoms with Crippen molar-refractivity contribution < 1.29 is 18.3 Å². The Bertz CT molecular complexity index is 585. The fourth-order valence-corrected chi connectivity index (χ4v) is 4.13. The summed E-state index contributed by atoms with van der Waals surface area (Å²) in [6.45, 7) is 0.636. The van der Waals surface area contributed by atoms with Crippen LogP contribution in [-0.4, -0.2) is 32.8 Å². The van der Waals surface area contributed by atoms with Crippen LogP contribution in [0.2, 0.25) is 10.0 Å². The third-order valence-corrected chi connectivity index (χ3v) is 5.38. The van der Waals surface area contributed by atoms with Crippen molar-refractivity contribution in [3.8, 4) is 0 Å². The fraction of sp³-hybridized carbons (Fsp3) is 0.500. The average Bonchev–Trinajstić information content (AvgIpc) is 2.39. The Balaban J connectivity index is 2.28. The van der Waals surface area contributed by atoms with E-state index >= 15 is 0 Å². The molecule has 0 amide bonds. The quantitative estimate of drug-likeness (QED) is 0.878. The first-order chi connectivity index (χ1) is 9.44. The maximum absolute atomic E-state index is 12.3. The lowest BCUT2D eigenvalue weighted by Crippen LogP contribution is -2.40. The highest BCUT2D eigenvalue weighted by Crippen LogP contribution is 2.29. The van der Waals surface area contributed by atoms with Gasteiger partial charge in [0, 0.05) is 17.7 Å². The lowest BCUT2D eigenvalue weighted by molar-refractivity contribution is 0.0774. The topological polar surface area (TPSA) is 75.6 Å². The fourth-order valence-electron chi connectivity index (χ4n) is 2.01. The SMILES string of the molecule is O=S(=O)(NC1CCCOC1)c1cc(CO)c(Cl)cc1Cl. The van der Waals surface area contributed by atoms with Crippen LogP contribution >= 0.6 is 23.2 Å². The Kier molecular flexibility index (Phi) is 5.28. The molecule has 0 aromatic heterocycles. The predicted octanol–water partition coefficient (Wildman–Crippen LogP) is 1.94. The van der Waals surface area contributed by atoms with Gasteiger partial charge in [0.2, 0.25) is 10.0 Å². The molecule has 2 N–H and O–H groups in total. The normalized spacial score (nSPS) is 20.1. The molecular formula is C12H15Cl2NO4S. The van der Waals surface area contributed by atoms with Crippen molar-refractivity contribution in [2.45, 2.75) is 30.4 Å². The summed E-state index contributed by atoms with van der Waals surface area (Å²) in [6.07, 6.45) is 1.53. The summed E-state index contributed by atoms with van der Waals surface area (Å²) < 4.78 is 32.4. The standard InChI is InChI=1S/C12H15Cl2NO4S/c13-10-5-11(14)12(4-8(10)6-16)20(17,18)15-9-2-1-3-19-7-9/h4-5,9,15-16H,1-3,6-7H2. The lowest BCUT2D eigenvalue weighted by Gasteiger charge is -2.23. The minimum absolute atomic E-state index is 0.0245. The van der Waals surface area contributed by atoms with Gasteiger partial charge in [0.25, 0.3) is 0 Å². The zero-order chi connectivity index (χ0) is 14.8. The number of ether oxygens (including phenoxy) is 1. The van der Waals surface area contributed by atoms with Gasteiger partial charge in [-0.1, -0.05) is 23.2 Å². The van der Waals surface area contributed by atoms with Gasteiger partial charge >= 0.3 is 0 Å². The first kappa shape index (κ1) is 16.0. The number of aliphatic hydroxyl groups is 1. The van der Waals surface area contributed by atoms with Crippen LogP contribution in [0, 0.1) is 0 Å². The Morgan fingerprint density at radius 2 is 2.10 bits per heavy atom. The van der Waals surface area contributed by atoms with Gasteiger partial charge in [-0.2, -0.15) is 0 Å². The first-order valence-electron chi connectivity index (χ1n) is 6.13. The van der Waals surface area contributed by atoms with Crippen LogP contribution in [0.3, 0.4) is 0 Å². The molecule has 1 aliphatic heterocycles. The van der Waals surface area contributed by atoms with Crippen LogP contribution in [0.25, 0.3) is 0 Å². The third-order valence-electron chi connectivity index (χ3n) is 3.04. The van der Waals surface area contributed by atoms with E-state index in [4.69, 9.17) is 33.0 Å². The van der Waals surface area contributed by atoms with E-state index in [1.807, 2.05) is 0 Å². The number of nitrogens with one attached hydrogen (secondary N) is 1. The highest BCUT2D eigenvalue weighted by molar-refractivity contribution is 7.89. The number of benzene rings is 1. The summed E-state index contributed by atoms with van der Waals surface area (Å²) in [5.74, 6) is 0. The molecule has 0 spiro atoms. The van der Waals surface area contributed by atoms with Crippen molar-refractivity contribution in [3.05, 3.63) is 27.7 Å². The zero-order valence-electron chi connectivity index (χ0n) is 10.6. The first-order valence-corrected chi connectivity index (χ1v) is 8.37. The van der Waals surface area contributed by atoms with E-state index in [9.17, 15) is 8.42 Å². The maximum Gasteiger partial charge on any atom is 0.242 e. The molecule has 1 saturated heterocycles. The van der Waals surface area contributed by atoms with E-state index in [-0.39, 0.29) is 27.6 Å². The number of rotatable bonds is 4. The van der Waals surface area contributed by atoms with E-state index in [2.05, 4.69) is 4.72 Å². The molecule has 0 bridgehead atoms. The molecule has 112 valence electrons. The van der Waals surface area contributed by atoms with Gasteiger partial charge in [0.15, 0.2) is 0 Å². The molecule has 0 saturated carbocycles. The van der Waals surface area contributed by atoms with Crippen molar-refractivity contribution in [3.63, 3.8) is 0 Å². The van der Waals surface area contributed by atoms with Crippen LogP contribution in [-0.2, 0) is 21.4 Å². The Hall–Kier alpha value is -0.370. The van der Waals surface area contributed by atoms with Crippen LogP contribution in [0.4, 0.5) is 0 Å². The molecule has 20 heavy (non-hydrogen) atoms. The number of hydrogen-bond donors (Lipinski definition) is 2. The van der Waals surface area contributed by atoms with Crippen LogP contribution in [0.1, 0.15) is 18.4 Å². The Morgan fingerprint density at radius 3 is 2.70 bits per heavy atom. The maximum atomic E-state index is 12.3. The molecule has 1 aromatic rings. The molecule has 1 unspecified atom stereocenters. The minimum Gasteiger partial charge on any atom is -0.392 e. The summed E-state index contributed by atoms with van der Waals surface area (Å²) in [6, 6.07) is 2.34. The molecule has 1 aromatic carbocycles. The highest BCUT2D eigenvalue weighted by atomic mass is 35.5. The van der Waals surface area contributed by atoms with Gasteiger partial charge in [0.1, 0.15) is 4.90 Å². The largest absolute Gasteiger partial charge is 0.392 e. The van der Waals surface area contributed by atoms with Crippen LogP contribution in [0.5, 0.6) is 0 Å². The van der Waals surface area contributed by atoms with Crippen molar-refractivity contribution in [1.29, 1.82) is 0 Å². The second-order valence-corrected chi connectivity index (χ2v) is 7.06. The van der Waals surface area contributed by atoms with Gasteiger partial charge in [-0.25, -0.2) is 13.1 Å². The Morgan fingerprint density at radius 1 is 1.35 bits per heavy atom. The number of sulfonamides is 1. The summed E-state index contributed by atoms with van der Waals surface area (Å²) in [5.41, 5.74) is 0.316. The molecule has 0 aliphatic carbocycles. The Labute approximate surface area is 127 Å². The molecule has 2 rings (SSSR count). The smallest absolute Gasteiger partial charge is 0.242 e. The third kappa shape index (κ3) is 3.63. The minimum atomic E-state index is -3.77. The average molecular weight is 340 g/mol. The van der Waals surface area contributed by atoms with Crippen molar-refractivity contribution >= 4 is 33.2 Å². The van der Waals surface area contributed by atoms with E-state index in [1.54, 1.807) is 0 Å². The zero-order valence-corrected chi connectivity index (χ0v) is 12.9. The van der Waals surface area contributed by atoms with E-state index in [1.165, 1.54) is 12.1 Å². The van der Waals surface area contributed by atoms with E-state index in [0.717, 1.165) is 12.8 Å². The van der Waals surface area contributed by atoms with Crippen molar-refractivity contribution in [2.75, 3.05) is 13.2 Å². The van der Waals surface area contributed by atoms with Crippen molar-refractivity contribution in [1.82, 2.24) is 4.72 Å². The number of aliphatic hydroxyl groups excluding tert-OH is 1. The number of hydrogen-bond acceptors (Lipinski definition) is 4. The van der Waals surface area contributed by atoms with Gasteiger partial charge in [-0.3, -0.25) is 0 Å². The lowest BCUT2D eigenvalue weighted by atomic mass is 10.1. The molecule has 1 fully saturated rings. The molecular weight excluding hydrogens is 325 g/mol. The second-order valence-electron chi connectivity index (χ2n) is 4.57. The molecule has 8 heteroatoms. The number of halogens is 2. The molecule has 5 nitrogen and oxygen atoms in total. The molecule has 0 radical (unpaired) electrons. The van der Waals surface area contributed by atoms with Crippen LogP contribution in [0.15, 0.2) is 17.0 Å².